The van der Waals surface area contributed by atoms with Crippen molar-refractivity contribution < 1.29 is 0 Å². The van der Waals surface area contributed by atoms with E-state index in [0.717, 1.165) is 24.7 Å². The van der Waals surface area contributed by atoms with Crippen molar-refractivity contribution in [1.29, 1.82) is 0 Å². The normalized spacial score (nSPS) is 21.4. The fourth-order valence-electron chi connectivity index (χ4n) is 2.53. The molecule has 2 aromatic rings. The van der Waals surface area contributed by atoms with Gasteiger partial charge >= 0.3 is 0 Å². The van der Waals surface area contributed by atoms with Gasteiger partial charge in [0.2, 0.25) is 0 Å². The van der Waals surface area contributed by atoms with Gasteiger partial charge in [0.25, 0.3) is 0 Å². The smallest absolute Gasteiger partial charge is 0.139 e. The maximum absolute atomic E-state index is 4.45. The van der Waals surface area contributed by atoms with E-state index in [4.69, 9.17) is 0 Å². The van der Waals surface area contributed by atoms with Crippen molar-refractivity contribution in [3.05, 3.63) is 30.6 Å². The molecular weight excluding hydrogens is 198 g/mol. The average Bonchev–Trinajstić information content (AvgIpc) is 2.74. The summed E-state index contributed by atoms with van der Waals surface area (Å²) < 4.78 is 2.28. The van der Waals surface area contributed by atoms with E-state index in [0.29, 0.717) is 0 Å². The highest BCUT2D eigenvalue weighted by atomic mass is 15.0. The molecule has 16 heavy (non-hydrogen) atoms. The second kappa shape index (κ2) is 4.26. The summed E-state index contributed by atoms with van der Waals surface area (Å²) >= 11 is 0. The summed E-state index contributed by atoms with van der Waals surface area (Å²) in [5, 5.41) is 4.70. The quantitative estimate of drug-likeness (QED) is 0.830. The molecule has 1 N–H and O–H groups in total. The predicted octanol–water partition coefficient (Wildman–Crippen LogP) is 2.04. The number of aromatic nitrogens is 2. The zero-order valence-electron chi connectivity index (χ0n) is 9.39. The van der Waals surface area contributed by atoms with Crippen LogP contribution < -0.4 is 5.32 Å². The maximum Gasteiger partial charge on any atom is 0.139 e. The molecule has 0 bridgehead atoms. The van der Waals surface area contributed by atoms with Crippen molar-refractivity contribution in [2.45, 2.75) is 19.4 Å². The summed E-state index contributed by atoms with van der Waals surface area (Å²) in [5.74, 6) is 0.756. The van der Waals surface area contributed by atoms with Gasteiger partial charge in [0.15, 0.2) is 0 Å². The lowest BCUT2D eigenvalue weighted by Crippen LogP contribution is -2.32. The van der Waals surface area contributed by atoms with Crippen LogP contribution in [-0.4, -0.2) is 22.6 Å². The minimum Gasteiger partial charge on any atom is -0.332 e. The van der Waals surface area contributed by atoms with Gasteiger partial charge in [-0.1, -0.05) is 0 Å². The number of rotatable bonds is 2. The van der Waals surface area contributed by atoms with Crippen LogP contribution >= 0.6 is 0 Å². The number of hydrogen-bond donors (Lipinski definition) is 1. The first-order chi connectivity index (χ1) is 7.93. The molecule has 0 aromatic carbocycles. The van der Waals surface area contributed by atoms with Gasteiger partial charge in [0.05, 0.1) is 0 Å². The molecule has 1 unspecified atom stereocenters. The van der Waals surface area contributed by atoms with Gasteiger partial charge in [0.1, 0.15) is 5.65 Å². The molecule has 2 aromatic heterocycles. The van der Waals surface area contributed by atoms with Gasteiger partial charge in [-0.25, -0.2) is 4.98 Å². The number of nitrogens with one attached hydrogen (secondary N) is 1. The molecule has 0 radical (unpaired) electrons. The van der Waals surface area contributed by atoms with Crippen LogP contribution in [0.1, 0.15) is 12.8 Å². The van der Waals surface area contributed by atoms with Crippen LogP contribution in [0.4, 0.5) is 0 Å². The van der Waals surface area contributed by atoms with Crippen molar-refractivity contribution in [2.75, 3.05) is 13.1 Å². The molecule has 1 aliphatic rings. The SMILES string of the molecule is c1cnc2c(c1)ccn2CC1CCCNC1. The first-order valence-corrected chi connectivity index (χ1v) is 6.04. The number of hydrogen-bond acceptors (Lipinski definition) is 2. The molecule has 1 saturated heterocycles. The molecule has 1 atom stereocenters. The first-order valence-electron chi connectivity index (χ1n) is 6.04. The summed E-state index contributed by atoms with van der Waals surface area (Å²) in [6, 6.07) is 6.27. The highest BCUT2D eigenvalue weighted by molar-refractivity contribution is 5.75. The van der Waals surface area contributed by atoms with Gasteiger partial charge in [-0.15, -0.1) is 0 Å². The van der Waals surface area contributed by atoms with Gasteiger partial charge in [-0.2, -0.15) is 0 Å². The van der Waals surface area contributed by atoms with Gasteiger partial charge in [0, 0.05) is 24.3 Å². The monoisotopic (exact) mass is 215 g/mol. The van der Waals surface area contributed by atoms with Crippen molar-refractivity contribution in [1.82, 2.24) is 14.9 Å². The van der Waals surface area contributed by atoms with E-state index in [-0.39, 0.29) is 0 Å². The number of fused-ring (bicyclic) bond motifs is 1. The first kappa shape index (κ1) is 9.85. The van der Waals surface area contributed by atoms with Gasteiger partial charge in [-0.05, 0) is 50.0 Å². The Morgan fingerprint density at radius 3 is 3.31 bits per heavy atom. The predicted molar refractivity (Wildman–Crippen MR) is 65.3 cm³/mol. The molecule has 3 rings (SSSR count). The van der Waals surface area contributed by atoms with Crippen molar-refractivity contribution >= 4 is 11.0 Å². The largest absolute Gasteiger partial charge is 0.332 e. The summed E-state index contributed by atoms with van der Waals surface area (Å²) in [5.41, 5.74) is 1.12. The lowest BCUT2D eigenvalue weighted by molar-refractivity contribution is 0.340. The average molecular weight is 215 g/mol. The Morgan fingerprint density at radius 2 is 2.44 bits per heavy atom. The Kier molecular flexibility index (Phi) is 2.62. The lowest BCUT2D eigenvalue weighted by atomic mass is 10.00. The standard InChI is InChI=1S/C13H17N3/c1-3-11(9-14-6-1)10-16-8-5-12-4-2-7-15-13(12)16/h2,4-5,7-8,11,14H,1,3,6,9-10H2. The third-order valence-corrected chi connectivity index (χ3v) is 3.38. The molecule has 0 amide bonds. The summed E-state index contributed by atoms with van der Waals surface area (Å²) in [6.45, 7) is 3.42. The van der Waals surface area contributed by atoms with E-state index in [2.05, 4.69) is 33.2 Å². The van der Waals surface area contributed by atoms with Gasteiger partial charge < -0.3 is 9.88 Å². The number of piperidine rings is 1. The van der Waals surface area contributed by atoms with Crippen LogP contribution in [0.2, 0.25) is 0 Å². The highest BCUT2D eigenvalue weighted by Gasteiger charge is 2.14. The van der Waals surface area contributed by atoms with Crippen molar-refractivity contribution in [3.8, 4) is 0 Å². The molecular formula is C13H17N3. The molecule has 3 nitrogen and oxygen atoms in total. The Balaban J connectivity index is 1.83. The molecule has 1 aliphatic heterocycles. The molecule has 84 valence electrons. The molecule has 0 aliphatic carbocycles. The van der Waals surface area contributed by atoms with Crippen LogP contribution in [0.25, 0.3) is 11.0 Å². The third-order valence-electron chi connectivity index (χ3n) is 3.38. The van der Waals surface area contributed by atoms with Crippen molar-refractivity contribution in [3.63, 3.8) is 0 Å². The maximum atomic E-state index is 4.45. The van der Waals surface area contributed by atoms with E-state index < -0.39 is 0 Å². The lowest BCUT2D eigenvalue weighted by Gasteiger charge is -2.23. The minimum absolute atomic E-state index is 0.756. The summed E-state index contributed by atoms with van der Waals surface area (Å²) in [6.07, 6.45) is 6.67. The topological polar surface area (TPSA) is 29.9 Å². The number of pyridine rings is 1. The fraction of sp³-hybridized carbons (Fsp3) is 0.462. The summed E-state index contributed by atoms with van der Waals surface area (Å²) in [7, 11) is 0. The molecule has 3 heteroatoms. The Morgan fingerprint density at radius 1 is 1.44 bits per heavy atom. The van der Waals surface area contributed by atoms with Crippen LogP contribution in [0.3, 0.4) is 0 Å². The van der Waals surface area contributed by atoms with Crippen molar-refractivity contribution in [2.24, 2.45) is 5.92 Å². The molecule has 3 heterocycles. The van der Waals surface area contributed by atoms with Gasteiger partial charge in [-0.3, -0.25) is 0 Å². The van der Waals surface area contributed by atoms with Crippen LogP contribution in [0.15, 0.2) is 30.6 Å². The number of nitrogens with zero attached hydrogens (tertiary/aromatic N) is 2. The molecule has 0 saturated carbocycles. The second-order valence-electron chi connectivity index (χ2n) is 4.60. The van der Waals surface area contributed by atoms with E-state index in [1.807, 2.05) is 12.3 Å². The van der Waals surface area contributed by atoms with E-state index in [1.54, 1.807) is 0 Å². The Labute approximate surface area is 95.5 Å². The molecule has 0 spiro atoms. The zero-order chi connectivity index (χ0) is 10.8. The van der Waals surface area contributed by atoms with Crippen LogP contribution in [-0.2, 0) is 6.54 Å². The second-order valence-corrected chi connectivity index (χ2v) is 4.60. The Bertz CT molecular complexity index is 469. The fourth-order valence-corrected chi connectivity index (χ4v) is 2.53. The van der Waals surface area contributed by atoms with E-state index in [9.17, 15) is 0 Å². The van der Waals surface area contributed by atoms with E-state index in [1.165, 1.54) is 24.8 Å². The van der Waals surface area contributed by atoms with E-state index >= 15 is 0 Å². The zero-order valence-corrected chi connectivity index (χ0v) is 9.39. The summed E-state index contributed by atoms with van der Waals surface area (Å²) in [4.78, 5) is 4.45. The Hall–Kier alpha value is -1.35. The molecule has 1 fully saturated rings. The van der Waals surface area contributed by atoms with Crippen LogP contribution in [0, 0.1) is 5.92 Å². The minimum atomic E-state index is 0.756. The highest BCUT2D eigenvalue weighted by Crippen LogP contribution is 2.17. The third kappa shape index (κ3) is 1.83. The van der Waals surface area contributed by atoms with Crippen LogP contribution in [0.5, 0.6) is 0 Å².